The molecule has 3 aromatic rings. The predicted octanol–water partition coefficient (Wildman–Crippen LogP) is 5.57. The molecule has 2 atom stereocenters. The third kappa shape index (κ3) is 2.75. The summed E-state index contributed by atoms with van der Waals surface area (Å²) >= 11 is 7.12. The maximum atomic E-state index is 13.5. The summed E-state index contributed by atoms with van der Waals surface area (Å²) in [6.45, 7) is 0. The van der Waals surface area contributed by atoms with Gasteiger partial charge in [-0.3, -0.25) is 4.79 Å². The van der Waals surface area contributed by atoms with Gasteiger partial charge in [-0.05, 0) is 48.5 Å². The Balaban J connectivity index is 1.57. The fourth-order valence-electron chi connectivity index (χ4n) is 4.66. The van der Waals surface area contributed by atoms with Crippen molar-refractivity contribution in [2.75, 3.05) is 12.4 Å². The smallest absolute Gasteiger partial charge is 0.306 e. The standard InChI is InChI=1S/C24H17Br2N3O3/c1-31-16-4-2-3-13(9-16)20-12-21-17-10-14(25)6-8-22(17)32-24(29(21)28-20)18-11-15(26)5-7-19(18)27-23(24)30/h2-11,21H,12H2,1H3,(H,27,30)/t21-,24-/m1/s1. The average Bonchev–Trinajstić information content (AvgIpc) is 3.36. The van der Waals surface area contributed by atoms with Crippen LogP contribution in [-0.4, -0.2) is 23.7 Å². The van der Waals surface area contributed by atoms with Crippen LogP contribution >= 0.6 is 31.9 Å². The van der Waals surface area contributed by atoms with Crippen LogP contribution in [0.2, 0.25) is 0 Å². The molecular formula is C24H17Br2N3O3. The zero-order valence-corrected chi connectivity index (χ0v) is 20.1. The van der Waals surface area contributed by atoms with Crippen LogP contribution in [0.3, 0.4) is 0 Å². The second-order valence-corrected chi connectivity index (χ2v) is 9.75. The Labute approximate surface area is 201 Å². The number of hydrazone groups is 1. The molecule has 32 heavy (non-hydrogen) atoms. The van der Waals surface area contributed by atoms with Crippen molar-refractivity contribution < 1.29 is 14.3 Å². The van der Waals surface area contributed by atoms with Crippen LogP contribution in [0.5, 0.6) is 11.5 Å². The molecule has 1 N–H and O–H groups in total. The molecule has 0 aromatic heterocycles. The van der Waals surface area contributed by atoms with Gasteiger partial charge in [-0.1, -0.05) is 44.0 Å². The number of fused-ring (bicyclic) bond motifs is 6. The number of ether oxygens (including phenoxy) is 2. The van der Waals surface area contributed by atoms with E-state index in [-0.39, 0.29) is 11.9 Å². The average molecular weight is 555 g/mol. The predicted molar refractivity (Wildman–Crippen MR) is 128 cm³/mol. The first-order chi connectivity index (χ1) is 15.5. The Morgan fingerprint density at radius 2 is 1.94 bits per heavy atom. The van der Waals surface area contributed by atoms with E-state index < -0.39 is 5.72 Å². The number of carbonyl (C=O) groups excluding carboxylic acids is 1. The van der Waals surface area contributed by atoms with Crippen LogP contribution < -0.4 is 14.8 Å². The fraction of sp³-hybridized carbons (Fsp3) is 0.167. The Kier molecular flexibility index (Phi) is 4.39. The molecule has 0 saturated heterocycles. The number of hydrogen-bond acceptors (Lipinski definition) is 5. The van der Waals surface area contributed by atoms with Crippen molar-refractivity contribution in [1.82, 2.24) is 5.01 Å². The summed E-state index contributed by atoms with van der Waals surface area (Å²) in [4.78, 5) is 13.5. The number of hydrogen-bond donors (Lipinski definition) is 1. The molecule has 0 saturated carbocycles. The highest BCUT2D eigenvalue weighted by molar-refractivity contribution is 9.10. The van der Waals surface area contributed by atoms with Crippen LogP contribution in [0, 0.1) is 0 Å². The van der Waals surface area contributed by atoms with Gasteiger partial charge in [-0.25, -0.2) is 5.01 Å². The minimum absolute atomic E-state index is 0.159. The van der Waals surface area contributed by atoms with Crippen LogP contribution in [0.4, 0.5) is 5.69 Å². The van der Waals surface area contributed by atoms with Crippen molar-refractivity contribution >= 4 is 49.2 Å². The highest BCUT2D eigenvalue weighted by Gasteiger charge is 2.61. The van der Waals surface area contributed by atoms with E-state index in [1.54, 1.807) is 7.11 Å². The number of carbonyl (C=O) groups is 1. The quantitative estimate of drug-likeness (QED) is 0.450. The van der Waals surface area contributed by atoms with Gasteiger partial charge in [-0.2, -0.15) is 5.10 Å². The molecule has 6 rings (SSSR count). The molecular weight excluding hydrogens is 538 g/mol. The lowest BCUT2D eigenvalue weighted by atomic mass is 9.92. The summed E-state index contributed by atoms with van der Waals surface area (Å²) < 4.78 is 13.7. The number of methoxy groups -OCH3 is 1. The summed E-state index contributed by atoms with van der Waals surface area (Å²) in [5.74, 6) is 1.19. The molecule has 3 aromatic carbocycles. The molecule has 8 heteroatoms. The SMILES string of the molecule is COc1cccc(C2=NN3[C@H](C2)c2cc(Br)ccc2O[C@]32C(=O)Nc3ccc(Br)cc32)c1. The third-order valence-corrected chi connectivity index (χ3v) is 7.11. The molecule has 6 nitrogen and oxygen atoms in total. The number of benzene rings is 3. The van der Waals surface area contributed by atoms with E-state index in [0.717, 1.165) is 42.8 Å². The molecule has 3 heterocycles. The minimum Gasteiger partial charge on any atom is -0.497 e. The van der Waals surface area contributed by atoms with E-state index in [1.165, 1.54) is 0 Å². The third-order valence-electron chi connectivity index (χ3n) is 6.13. The molecule has 160 valence electrons. The van der Waals surface area contributed by atoms with E-state index in [2.05, 4.69) is 37.2 Å². The van der Waals surface area contributed by atoms with Crippen LogP contribution in [-0.2, 0) is 10.5 Å². The molecule has 3 aliphatic rings. The van der Waals surface area contributed by atoms with Crippen LogP contribution in [0.1, 0.15) is 29.2 Å². The minimum atomic E-state index is -1.38. The Morgan fingerprint density at radius 1 is 1.12 bits per heavy atom. The zero-order valence-electron chi connectivity index (χ0n) is 16.9. The lowest BCUT2D eigenvalue weighted by molar-refractivity contribution is -0.161. The number of halogens is 2. The first-order valence-electron chi connectivity index (χ1n) is 10.1. The molecule has 0 fully saturated rings. The van der Waals surface area contributed by atoms with Crippen molar-refractivity contribution in [3.05, 3.63) is 86.3 Å². The number of nitrogens with zero attached hydrogens (tertiary/aromatic N) is 2. The fourth-order valence-corrected chi connectivity index (χ4v) is 5.40. The zero-order chi connectivity index (χ0) is 22.0. The summed E-state index contributed by atoms with van der Waals surface area (Å²) in [6, 6.07) is 19.2. The molecule has 0 radical (unpaired) electrons. The van der Waals surface area contributed by atoms with E-state index >= 15 is 0 Å². The van der Waals surface area contributed by atoms with Gasteiger partial charge < -0.3 is 14.8 Å². The second kappa shape index (κ2) is 7.08. The van der Waals surface area contributed by atoms with Crippen LogP contribution in [0.15, 0.2) is 74.7 Å². The molecule has 0 bridgehead atoms. The lowest BCUT2D eigenvalue weighted by Gasteiger charge is -2.44. The Hall–Kier alpha value is -2.84. The summed E-state index contributed by atoms with van der Waals surface area (Å²) in [5, 5.41) is 9.79. The highest BCUT2D eigenvalue weighted by atomic mass is 79.9. The van der Waals surface area contributed by atoms with Gasteiger partial charge in [0.15, 0.2) is 0 Å². The maximum absolute atomic E-state index is 13.5. The molecule has 3 aliphatic heterocycles. The van der Waals surface area contributed by atoms with E-state index in [9.17, 15) is 4.79 Å². The summed E-state index contributed by atoms with van der Waals surface area (Å²) in [7, 11) is 1.65. The monoisotopic (exact) mass is 553 g/mol. The van der Waals surface area contributed by atoms with Crippen molar-refractivity contribution in [2.45, 2.75) is 18.2 Å². The van der Waals surface area contributed by atoms with Crippen molar-refractivity contribution in [3.8, 4) is 11.5 Å². The first-order valence-corrected chi connectivity index (χ1v) is 11.7. The molecule has 1 spiro atoms. The lowest BCUT2D eigenvalue weighted by Crippen LogP contribution is -2.55. The topological polar surface area (TPSA) is 63.2 Å². The van der Waals surface area contributed by atoms with E-state index in [1.807, 2.05) is 65.7 Å². The Bertz CT molecular complexity index is 1330. The number of amides is 1. The summed E-state index contributed by atoms with van der Waals surface area (Å²) in [5.41, 5.74) is 2.90. The van der Waals surface area contributed by atoms with Crippen LogP contribution in [0.25, 0.3) is 0 Å². The van der Waals surface area contributed by atoms with Crippen molar-refractivity contribution in [1.29, 1.82) is 0 Å². The van der Waals surface area contributed by atoms with Gasteiger partial charge >= 0.3 is 5.72 Å². The Morgan fingerprint density at radius 3 is 2.78 bits per heavy atom. The van der Waals surface area contributed by atoms with E-state index in [0.29, 0.717) is 12.2 Å². The van der Waals surface area contributed by atoms with E-state index in [4.69, 9.17) is 14.6 Å². The molecule has 0 aliphatic carbocycles. The highest BCUT2D eigenvalue weighted by Crippen LogP contribution is 2.54. The number of rotatable bonds is 2. The normalized spacial score (nSPS) is 22.6. The summed E-state index contributed by atoms with van der Waals surface area (Å²) in [6.07, 6.45) is 0.637. The number of anilines is 1. The maximum Gasteiger partial charge on any atom is 0.306 e. The van der Waals surface area contributed by atoms with Crippen molar-refractivity contribution in [3.63, 3.8) is 0 Å². The molecule has 0 unspecified atom stereocenters. The second-order valence-electron chi connectivity index (χ2n) is 7.92. The van der Waals surface area contributed by atoms with Gasteiger partial charge in [0.05, 0.1) is 30.1 Å². The molecule has 1 amide bonds. The number of nitrogens with one attached hydrogen (secondary N) is 1. The first kappa shape index (κ1) is 19.8. The largest absolute Gasteiger partial charge is 0.497 e. The van der Waals surface area contributed by atoms with Gasteiger partial charge in [0.25, 0.3) is 5.91 Å². The van der Waals surface area contributed by atoms with Gasteiger partial charge in [-0.15, -0.1) is 0 Å². The van der Waals surface area contributed by atoms with Crippen molar-refractivity contribution in [2.24, 2.45) is 5.10 Å². The van der Waals surface area contributed by atoms with Gasteiger partial charge in [0.1, 0.15) is 11.5 Å². The van der Waals surface area contributed by atoms with Gasteiger partial charge in [0, 0.05) is 26.5 Å². The van der Waals surface area contributed by atoms with Gasteiger partial charge in [0.2, 0.25) is 0 Å².